The summed E-state index contributed by atoms with van der Waals surface area (Å²) >= 11 is 0. The van der Waals surface area contributed by atoms with Gasteiger partial charge in [0.1, 0.15) is 0 Å². The Morgan fingerprint density at radius 1 is 1.46 bits per heavy atom. The van der Waals surface area contributed by atoms with Crippen molar-refractivity contribution in [3.63, 3.8) is 0 Å². The van der Waals surface area contributed by atoms with E-state index in [9.17, 15) is 4.79 Å². The Hall–Kier alpha value is -0.830. The molecule has 1 aliphatic carbocycles. The van der Waals surface area contributed by atoms with Crippen molar-refractivity contribution in [1.29, 1.82) is 0 Å². The van der Waals surface area contributed by atoms with E-state index in [1.807, 2.05) is 13.0 Å². The molecular formula is C10H16O3. The summed E-state index contributed by atoms with van der Waals surface area (Å²) in [6.07, 6.45) is 3.32. The Morgan fingerprint density at radius 3 is 2.46 bits per heavy atom. The Kier molecular flexibility index (Phi) is 2.76. The van der Waals surface area contributed by atoms with Crippen LogP contribution in [0.3, 0.4) is 0 Å². The third kappa shape index (κ3) is 1.75. The molecule has 0 aromatic heterocycles. The highest BCUT2D eigenvalue weighted by Gasteiger charge is 2.57. The van der Waals surface area contributed by atoms with Crippen molar-refractivity contribution in [3.8, 4) is 0 Å². The van der Waals surface area contributed by atoms with Crippen molar-refractivity contribution in [2.24, 2.45) is 11.8 Å². The van der Waals surface area contributed by atoms with Gasteiger partial charge in [-0.3, -0.25) is 0 Å². The average molecular weight is 184 g/mol. The number of rotatable bonds is 3. The molecule has 0 spiro atoms. The highest BCUT2D eigenvalue weighted by atomic mass is 16.5. The molecule has 0 amide bonds. The second-order valence-electron chi connectivity index (χ2n) is 3.58. The maximum absolute atomic E-state index is 10.8. The quantitative estimate of drug-likeness (QED) is 0.491. The van der Waals surface area contributed by atoms with E-state index in [-0.39, 0.29) is 11.6 Å². The fourth-order valence-electron chi connectivity index (χ4n) is 1.67. The summed E-state index contributed by atoms with van der Waals surface area (Å²) in [5.74, 6) is 0.493. The first-order valence-electron chi connectivity index (χ1n) is 4.37. The molecule has 0 unspecified atom stereocenters. The largest absolute Gasteiger partial charge is 0.466 e. The van der Waals surface area contributed by atoms with E-state index in [0.717, 1.165) is 0 Å². The molecule has 0 heterocycles. The molecule has 1 rings (SSSR count). The third-order valence-corrected chi connectivity index (χ3v) is 3.08. The average Bonchev–Trinajstić information content (AvgIpc) is 2.66. The number of carbonyl (C=O) groups is 1. The second-order valence-corrected chi connectivity index (χ2v) is 3.58. The molecule has 1 saturated carbocycles. The topological polar surface area (TPSA) is 35.5 Å². The standard InChI is InChI=1S/C10H16O3/c1-7-8(10(7,2)13-4)5-6-9(11)12-3/h5-8H,1-4H3/b6-5+/t7-,8-,10+/m1/s1. The SMILES string of the molecule is COC(=O)/C=C/[C@@H]1[C@@H](C)[C@]1(C)OC. The van der Waals surface area contributed by atoms with Crippen LogP contribution in [-0.2, 0) is 14.3 Å². The van der Waals surface area contributed by atoms with Gasteiger partial charge in [0.15, 0.2) is 0 Å². The molecule has 13 heavy (non-hydrogen) atoms. The highest BCUT2D eigenvalue weighted by molar-refractivity contribution is 5.81. The van der Waals surface area contributed by atoms with Crippen molar-refractivity contribution in [2.75, 3.05) is 14.2 Å². The minimum absolute atomic E-state index is 0.0927. The van der Waals surface area contributed by atoms with Crippen molar-refractivity contribution in [3.05, 3.63) is 12.2 Å². The number of methoxy groups -OCH3 is 2. The lowest BCUT2D eigenvalue weighted by Gasteiger charge is -2.06. The first-order chi connectivity index (χ1) is 6.06. The number of esters is 1. The van der Waals surface area contributed by atoms with Crippen LogP contribution in [0, 0.1) is 11.8 Å². The van der Waals surface area contributed by atoms with E-state index in [1.54, 1.807) is 7.11 Å². The Bertz CT molecular complexity index is 234. The maximum Gasteiger partial charge on any atom is 0.330 e. The van der Waals surface area contributed by atoms with Crippen molar-refractivity contribution >= 4 is 5.97 Å². The third-order valence-electron chi connectivity index (χ3n) is 3.08. The fourth-order valence-corrected chi connectivity index (χ4v) is 1.67. The van der Waals surface area contributed by atoms with E-state index in [2.05, 4.69) is 11.7 Å². The van der Waals surface area contributed by atoms with Gasteiger partial charge in [-0.2, -0.15) is 0 Å². The number of hydrogen-bond donors (Lipinski definition) is 0. The molecule has 0 aromatic carbocycles. The summed E-state index contributed by atoms with van der Waals surface area (Å²) < 4.78 is 9.83. The van der Waals surface area contributed by atoms with Crippen LogP contribution in [0.15, 0.2) is 12.2 Å². The van der Waals surface area contributed by atoms with Crippen molar-refractivity contribution < 1.29 is 14.3 Å². The summed E-state index contributed by atoms with van der Waals surface area (Å²) in [5.41, 5.74) is -0.0927. The highest BCUT2D eigenvalue weighted by Crippen LogP contribution is 2.53. The van der Waals surface area contributed by atoms with E-state index in [4.69, 9.17) is 4.74 Å². The van der Waals surface area contributed by atoms with Gasteiger partial charge in [-0.15, -0.1) is 0 Å². The zero-order chi connectivity index (χ0) is 10.1. The van der Waals surface area contributed by atoms with Gasteiger partial charge in [0.2, 0.25) is 0 Å². The van der Waals surface area contributed by atoms with Gasteiger partial charge in [-0.25, -0.2) is 4.79 Å². The fraction of sp³-hybridized carbons (Fsp3) is 0.700. The lowest BCUT2D eigenvalue weighted by molar-refractivity contribution is -0.134. The molecule has 0 N–H and O–H groups in total. The molecule has 0 aliphatic heterocycles. The maximum atomic E-state index is 10.8. The smallest absolute Gasteiger partial charge is 0.330 e. The number of hydrogen-bond acceptors (Lipinski definition) is 3. The molecule has 1 aliphatic rings. The van der Waals surface area contributed by atoms with Gasteiger partial charge in [0.05, 0.1) is 12.7 Å². The van der Waals surface area contributed by atoms with Gasteiger partial charge in [-0.1, -0.05) is 13.0 Å². The van der Waals surface area contributed by atoms with Gasteiger partial charge < -0.3 is 9.47 Å². The molecule has 0 aromatic rings. The molecule has 0 bridgehead atoms. The first kappa shape index (κ1) is 10.3. The van der Waals surface area contributed by atoms with E-state index in [0.29, 0.717) is 11.8 Å². The summed E-state index contributed by atoms with van der Waals surface area (Å²) in [7, 11) is 3.07. The minimum Gasteiger partial charge on any atom is -0.466 e. The molecular weight excluding hydrogens is 168 g/mol. The van der Waals surface area contributed by atoms with E-state index < -0.39 is 0 Å². The monoisotopic (exact) mass is 184 g/mol. The minimum atomic E-state index is -0.308. The molecule has 3 heteroatoms. The molecule has 3 atom stereocenters. The van der Waals surface area contributed by atoms with Crippen molar-refractivity contribution in [2.45, 2.75) is 19.4 Å². The van der Waals surface area contributed by atoms with Gasteiger partial charge in [0.25, 0.3) is 0 Å². The van der Waals surface area contributed by atoms with Crippen LogP contribution in [-0.4, -0.2) is 25.8 Å². The van der Waals surface area contributed by atoms with Gasteiger partial charge in [0, 0.05) is 19.1 Å². The molecule has 0 radical (unpaired) electrons. The zero-order valence-electron chi connectivity index (χ0n) is 8.53. The second kappa shape index (κ2) is 3.50. The zero-order valence-corrected chi connectivity index (χ0v) is 8.53. The van der Waals surface area contributed by atoms with Gasteiger partial charge in [-0.05, 0) is 12.8 Å². The van der Waals surface area contributed by atoms with E-state index in [1.165, 1.54) is 13.2 Å². The summed E-state index contributed by atoms with van der Waals surface area (Å²) in [5, 5.41) is 0. The van der Waals surface area contributed by atoms with Crippen LogP contribution < -0.4 is 0 Å². The summed E-state index contributed by atoms with van der Waals surface area (Å²) in [4.78, 5) is 10.8. The molecule has 3 nitrogen and oxygen atoms in total. The van der Waals surface area contributed by atoms with Crippen LogP contribution in [0.5, 0.6) is 0 Å². The van der Waals surface area contributed by atoms with Crippen molar-refractivity contribution in [1.82, 2.24) is 0 Å². The van der Waals surface area contributed by atoms with E-state index >= 15 is 0 Å². The van der Waals surface area contributed by atoms with Crippen LogP contribution >= 0.6 is 0 Å². The number of carbonyl (C=O) groups excluding carboxylic acids is 1. The number of ether oxygens (including phenoxy) is 2. The summed E-state index contributed by atoms with van der Waals surface area (Å²) in [6, 6.07) is 0. The predicted molar refractivity (Wildman–Crippen MR) is 49.2 cm³/mol. The summed E-state index contributed by atoms with van der Waals surface area (Å²) in [6.45, 7) is 4.15. The molecule has 0 saturated heterocycles. The first-order valence-corrected chi connectivity index (χ1v) is 4.37. The lowest BCUT2D eigenvalue weighted by atomic mass is 10.2. The van der Waals surface area contributed by atoms with Crippen LogP contribution in [0.25, 0.3) is 0 Å². The Morgan fingerprint density at radius 2 is 2.08 bits per heavy atom. The Balaban J connectivity index is 2.50. The lowest BCUT2D eigenvalue weighted by Crippen LogP contribution is -2.09. The predicted octanol–water partition coefficient (Wildman–Crippen LogP) is 1.39. The normalized spacial score (nSPS) is 37.8. The van der Waals surface area contributed by atoms with Crippen LogP contribution in [0.4, 0.5) is 0 Å². The van der Waals surface area contributed by atoms with Crippen LogP contribution in [0.1, 0.15) is 13.8 Å². The molecule has 74 valence electrons. The van der Waals surface area contributed by atoms with Crippen LogP contribution in [0.2, 0.25) is 0 Å². The molecule has 1 fully saturated rings. The Labute approximate surface area is 78.7 Å². The van der Waals surface area contributed by atoms with Gasteiger partial charge >= 0.3 is 5.97 Å².